The van der Waals surface area contributed by atoms with E-state index in [0.29, 0.717) is 22.5 Å². The Morgan fingerprint density at radius 1 is 1.20 bits per heavy atom. The Balaban J connectivity index is 2.08. The zero-order valence-electron chi connectivity index (χ0n) is 13.1. The largest absolute Gasteiger partial charge is 0.366 e. The lowest BCUT2D eigenvalue weighted by atomic mass is 10.1. The molecule has 4 aromatic rings. The zero-order chi connectivity index (χ0) is 17.6. The molecule has 0 fully saturated rings. The summed E-state index contributed by atoms with van der Waals surface area (Å²) < 4.78 is 15.5. The number of fused-ring (bicyclic) bond motifs is 3. The minimum atomic E-state index is -0.510. The molecule has 0 bridgehead atoms. The Bertz CT molecular complexity index is 1130. The second-order valence-electron chi connectivity index (χ2n) is 5.83. The van der Waals surface area contributed by atoms with Crippen LogP contribution in [-0.2, 0) is 6.54 Å². The maximum absolute atomic E-state index is 13.6. The molecule has 0 aliphatic carbocycles. The van der Waals surface area contributed by atoms with Crippen LogP contribution in [0.15, 0.2) is 54.6 Å². The van der Waals surface area contributed by atoms with Gasteiger partial charge >= 0.3 is 0 Å². The molecule has 1 amide bonds. The Morgan fingerprint density at radius 3 is 2.76 bits per heavy atom. The summed E-state index contributed by atoms with van der Waals surface area (Å²) >= 11 is 6.43. The molecule has 1 heterocycles. The lowest BCUT2D eigenvalue weighted by Gasteiger charge is -2.09. The van der Waals surface area contributed by atoms with E-state index in [-0.39, 0.29) is 5.82 Å². The van der Waals surface area contributed by atoms with Crippen molar-refractivity contribution in [1.82, 2.24) is 4.57 Å². The van der Waals surface area contributed by atoms with Crippen LogP contribution in [0.4, 0.5) is 4.39 Å². The first-order chi connectivity index (χ1) is 12.1. The van der Waals surface area contributed by atoms with Crippen molar-refractivity contribution >= 4 is 39.3 Å². The molecule has 5 heteroatoms. The fraction of sp³-hybridized carbons (Fsp3) is 0.0500. The first-order valence-corrected chi connectivity index (χ1v) is 8.09. The van der Waals surface area contributed by atoms with Gasteiger partial charge in [0.25, 0.3) is 0 Å². The third-order valence-corrected chi connectivity index (χ3v) is 4.57. The second-order valence-corrected chi connectivity index (χ2v) is 6.24. The Kier molecular flexibility index (Phi) is 3.70. The number of nitrogens with two attached hydrogens (primary N) is 1. The smallest absolute Gasteiger partial charge is 0.249 e. The van der Waals surface area contributed by atoms with Crippen LogP contribution in [0.3, 0.4) is 0 Å². The summed E-state index contributed by atoms with van der Waals surface area (Å²) in [5.41, 5.74) is 8.31. The van der Waals surface area contributed by atoms with Crippen molar-refractivity contribution in [3.05, 3.63) is 82.6 Å². The fourth-order valence-corrected chi connectivity index (χ4v) is 3.51. The number of aromatic nitrogens is 1. The van der Waals surface area contributed by atoms with E-state index in [1.54, 1.807) is 30.3 Å². The van der Waals surface area contributed by atoms with Gasteiger partial charge in [-0.3, -0.25) is 4.79 Å². The predicted molar refractivity (Wildman–Crippen MR) is 97.3 cm³/mol. The molecule has 3 nitrogen and oxygen atoms in total. The number of rotatable bonds is 3. The Hall–Kier alpha value is -2.85. The number of carbonyl (C=O) groups is 1. The first-order valence-electron chi connectivity index (χ1n) is 7.71. The van der Waals surface area contributed by atoms with Gasteiger partial charge in [0, 0.05) is 22.9 Å². The molecule has 0 atom stereocenters. The number of halogens is 2. The van der Waals surface area contributed by atoms with Gasteiger partial charge in [-0.15, -0.1) is 0 Å². The number of primary amides is 1. The predicted octanol–water partition coefficient (Wildman–Crippen LogP) is 4.53. The molecule has 0 unspecified atom stereocenters. The van der Waals surface area contributed by atoms with Gasteiger partial charge < -0.3 is 10.3 Å². The molecule has 3 aromatic carbocycles. The number of benzene rings is 3. The average molecular weight is 352 g/mol. The van der Waals surface area contributed by atoms with E-state index in [4.69, 9.17) is 17.3 Å². The minimum absolute atomic E-state index is 0.297. The Morgan fingerprint density at radius 2 is 2.00 bits per heavy atom. The van der Waals surface area contributed by atoms with Gasteiger partial charge in [0.05, 0.1) is 16.1 Å². The van der Waals surface area contributed by atoms with Gasteiger partial charge in [0.2, 0.25) is 5.91 Å². The number of hydrogen-bond donors (Lipinski definition) is 1. The SMILES string of the molecule is NC(=O)c1cccc2c1c1[c]ccc(Cl)c1n2Cc1cccc(F)c1. The highest BCUT2D eigenvalue weighted by Gasteiger charge is 2.18. The van der Waals surface area contributed by atoms with E-state index in [0.717, 1.165) is 22.0 Å². The molecule has 2 N–H and O–H groups in total. The maximum atomic E-state index is 13.6. The molecular weight excluding hydrogens is 339 g/mol. The van der Waals surface area contributed by atoms with Crippen LogP contribution < -0.4 is 5.73 Å². The molecule has 0 saturated heterocycles. The molecule has 0 spiro atoms. The third kappa shape index (κ3) is 2.55. The minimum Gasteiger partial charge on any atom is -0.366 e. The third-order valence-electron chi connectivity index (χ3n) is 4.27. The number of hydrogen-bond acceptors (Lipinski definition) is 1. The van der Waals surface area contributed by atoms with Crippen LogP contribution in [0, 0.1) is 11.9 Å². The van der Waals surface area contributed by atoms with Gasteiger partial charge in [-0.25, -0.2) is 4.39 Å². The van der Waals surface area contributed by atoms with E-state index in [2.05, 4.69) is 6.07 Å². The highest BCUT2D eigenvalue weighted by atomic mass is 35.5. The summed E-state index contributed by atoms with van der Waals surface area (Å²) in [5, 5.41) is 1.98. The summed E-state index contributed by atoms with van der Waals surface area (Å²) in [6.45, 7) is 0.414. The molecule has 4 rings (SSSR count). The number of amides is 1. The summed E-state index contributed by atoms with van der Waals surface area (Å²) in [6, 6.07) is 18.4. The highest BCUT2D eigenvalue weighted by Crippen LogP contribution is 2.35. The van der Waals surface area contributed by atoms with Gasteiger partial charge in [0.1, 0.15) is 5.82 Å². The average Bonchev–Trinajstić information content (AvgIpc) is 2.90. The normalized spacial score (nSPS) is 11.3. The molecule has 123 valence electrons. The fourth-order valence-electron chi connectivity index (χ4n) is 3.26. The first kappa shape index (κ1) is 15.7. The van der Waals surface area contributed by atoms with Crippen molar-refractivity contribution < 1.29 is 9.18 Å². The standard InChI is InChI=1S/C20H13ClFN2O/c21-16-8-2-6-14-18-15(20(23)25)7-3-9-17(18)24(19(14)16)11-12-4-1-5-13(22)10-12/h1-5,7-10H,11H2,(H2,23,25). The van der Waals surface area contributed by atoms with E-state index in [9.17, 15) is 9.18 Å². The molecule has 0 aliphatic rings. The van der Waals surface area contributed by atoms with Crippen LogP contribution in [0.25, 0.3) is 21.8 Å². The van der Waals surface area contributed by atoms with Crippen molar-refractivity contribution in [2.75, 3.05) is 0 Å². The summed E-state index contributed by atoms with van der Waals surface area (Å²) in [4.78, 5) is 11.9. The Labute approximate surface area is 148 Å². The van der Waals surface area contributed by atoms with Crippen LogP contribution in [0.5, 0.6) is 0 Å². The highest BCUT2D eigenvalue weighted by molar-refractivity contribution is 6.36. The van der Waals surface area contributed by atoms with Crippen molar-refractivity contribution in [3.63, 3.8) is 0 Å². The molecule has 25 heavy (non-hydrogen) atoms. The van der Waals surface area contributed by atoms with Crippen molar-refractivity contribution in [2.24, 2.45) is 5.73 Å². The van der Waals surface area contributed by atoms with Crippen LogP contribution in [-0.4, -0.2) is 10.5 Å². The molecule has 0 saturated carbocycles. The van der Waals surface area contributed by atoms with Gasteiger partial charge in [-0.05, 0) is 42.0 Å². The van der Waals surface area contributed by atoms with E-state index in [1.807, 2.05) is 16.7 Å². The molecule has 0 aliphatic heterocycles. The second kappa shape index (κ2) is 5.90. The molecular formula is C20H13ClFN2O. The van der Waals surface area contributed by atoms with Crippen molar-refractivity contribution in [1.29, 1.82) is 0 Å². The molecule has 1 radical (unpaired) electrons. The van der Waals surface area contributed by atoms with Gasteiger partial charge in [-0.1, -0.05) is 35.9 Å². The number of nitrogens with zero attached hydrogens (tertiary/aromatic N) is 1. The van der Waals surface area contributed by atoms with E-state index < -0.39 is 5.91 Å². The van der Waals surface area contributed by atoms with Crippen LogP contribution >= 0.6 is 11.6 Å². The lowest BCUT2D eigenvalue weighted by Crippen LogP contribution is -2.11. The summed E-state index contributed by atoms with van der Waals surface area (Å²) in [6.07, 6.45) is 0. The van der Waals surface area contributed by atoms with E-state index in [1.165, 1.54) is 12.1 Å². The summed E-state index contributed by atoms with van der Waals surface area (Å²) in [5.74, 6) is -0.808. The van der Waals surface area contributed by atoms with Crippen molar-refractivity contribution in [3.8, 4) is 0 Å². The van der Waals surface area contributed by atoms with Crippen LogP contribution in [0.2, 0.25) is 5.02 Å². The van der Waals surface area contributed by atoms with Crippen molar-refractivity contribution in [2.45, 2.75) is 6.54 Å². The quantitative estimate of drug-likeness (QED) is 0.579. The van der Waals surface area contributed by atoms with Gasteiger partial charge in [-0.2, -0.15) is 0 Å². The van der Waals surface area contributed by atoms with E-state index >= 15 is 0 Å². The molecule has 1 aromatic heterocycles. The lowest BCUT2D eigenvalue weighted by molar-refractivity contribution is 0.100. The summed E-state index contributed by atoms with van der Waals surface area (Å²) in [7, 11) is 0. The topological polar surface area (TPSA) is 48.0 Å². The monoisotopic (exact) mass is 351 g/mol. The van der Waals surface area contributed by atoms with Gasteiger partial charge in [0.15, 0.2) is 0 Å². The van der Waals surface area contributed by atoms with Crippen LogP contribution in [0.1, 0.15) is 15.9 Å². The zero-order valence-corrected chi connectivity index (χ0v) is 13.8. The maximum Gasteiger partial charge on any atom is 0.249 e. The number of carbonyl (C=O) groups excluding carboxylic acids is 1.